The summed E-state index contributed by atoms with van der Waals surface area (Å²) in [4.78, 5) is 36.4. The van der Waals surface area contributed by atoms with Gasteiger partial charge in [-0.25, -0.2) is 4.79 Å². The number of fused-ring (bicyclic) bond motifs is 1. The lowest BCUT2D eigenvalue weighted by atomic mass is 10.1. The van der Waals surface area contributed by atoms with Crippen molar-refractivity contribution in [1.82, 2.24) is 13.7 Å². The summed E-state index contributed by atoms with van der Waals surface area (Å²) < 4.78 is 4.65. The van der Waals surface area contributed by atoms with Gasteiger partial charge in [0.25, 0.3) is 11.2 Å². The fourth-order valence-electron chi connectivity index (χ4n) is 4.44. The van der Waals surface area contributed by atoms with Crippen molar-refractivity contribution < 1.29 is 4.92 Å². The Balaban J connectivity index is 2.08. The first-order valence-electron chi connectivity index (χ1n) is 9.95. The van der Waals surface area contributed by atoms with E-state index < -0.39 is 4.92 Å². The Kier molecular flexibility index (Phi) is 4.86. The molecule has 0 spiro atoms. The summed E-state index contributed by atoms with van der Waals surface area (Å²) in [6, 6.07) is 6.57. The van der Waals surface area contributed by atoms with Crippen molar-refractivity contribution in [3.8, 4) is 11.3 Å². The molecule has 0 saturated heterocycles. The highest BCUT2D eigenvalue weighted by molar-refractivity contribution is 5.94. The zero-order valence-corrected chi connectivity index (χ0v) is 16.6. The van der Waals surface area contributed by atoms with E-state index in [1.807, 2.05) is 6.20 Å². The molecule has 8 heteroatoms. The Bertz CT molecular complexity index is 1210. The number of aryl methyl sites for hydroxylation is 1. The maximum atomic E-state index is 13.1. The Morgan fingerprint density at radius 3 is 2.38 bits per heavy atom. The standard InChI is InChI=1S/C21H24N4O4/c1-22-17-13-24(15-9-5-3-4-6-10-15)19(18(17)20(26)23(2)21(22)27)14-8-7-11-16(12-14)25(28)29/h7-8,11-13,15H,3-6,9-10H2,1-2H3. The van der Waals surface area contributed by atoms with Gasteiger partial charge in [-0.05, 0) is 12.8 Å². The second kappa shape index (κ2) is 7.35. The second-order valence-electron chi connectivity index (χ2n) is 7.80. The first-order chi connectivity index (χ1) is 13.9. The number of nitro benzene ring substituents is 1. The third-order valence-corrected chi connectivity index (χ3v) is 6.01. The first kappa shape index (κ1) is 19.2. The highest BCUT2D eigenvalue weighted by atomic mass is 16.6. The minimum absolute atomic E-state index is 0.0223. The van der Waals surface area contributed by atoms with Gasteiger partial charge >= 0.3 is 5.69 Å². The molecule has 0 amide bonds. The van der Waals surface area contributed by atoms with Crippen molar-refractivity contribution in [2.24, 2.45) is 14.1 Å². The van der Waals surface area contributed by atoms with E-state index in [9.17, 15) is 19.7 Å². The summed E-state index contributed by atoms with van der Waals surface area (Å²) >= 11 is 0. The number of nitrogens with zero attached hydrogens (tertiary/aromatic N) is 4. The molecule has 1 aromatic carbocycles. The van der Waals surface area contributed by atoms with Crippen LogP contribution in [0.1, 0.15) is 44.6 Å². The number of aromatic nitrogens is 3. The van der Waals surface area contributed by atoms with Gasteiger partial charge in [-0.2, -0.15) is 0 Å². The molecule has 0 bridgehead atoms. The molecule has 2 heterocycles. The van der Waals surface area contributed by atoms with E-state index in [-0.39, 0.29) is 23.0 Å². The quantitative estimate of drug-likeness (QED) is 0.385. The highest BCUT2D eigenvalue weighted by Crippen LogP contribution is 2.36. The first-order valence-corrected chi connectivity index (χ1v) is 9.95. The van der Waals surface area contributed by atoms with Crippen LogP contribution in [-0.2, 0) is 14.1 Å². The van der Waals surface area contributed by atoms with Crippen LogP contribution >= 0.6 is 0 Å². The lowest BCUT2D eigenvalue weighted by Crippen LogP contribution is -2.36. The van der Waals surface area contributed by atoms with Gasteiger partial charge in [0, 0.05) is 44.0 Å². The molecule has 0 aliphatic heterocycles. The molecular formula is C21H24N4O4. The molecule has 1 fully saturated rings. The molecule has 8 nitrogen and oxygen atoms in total. The van der Waals surface area contributed by atoms with Crippen molar-refractivity contribution in [3.05, 3.63) is 61.4 Å². The average molecular weight is 396 g/mol. The van der Waals surface area contributed by atoms with Crippen LogP contribution in [0.5, 0.6) is 0 Å². The molecule has 1 saturated carbocycles. The summed E-state index contributed by atoms with van der Waals surface area (Å²) in [5.74, 6) is 0. The van der Waals surface area contributed by atoms with E-state index in [1.165, 1.54) is 36.6 Å². The Hall–Kier alpha value is -3.16. The van der Waals surface area contributed by atoms with Gasteiger partial charge in [-0.15, -0.1) is 0 Å². The van der Waals surface area contributed by atoms with Gasteiger partial charge in [-0.3, -0.25) is 24.0 Å². The fourth-order valence-corrected chi connectivity index (χ4v) is 4.44. The Morgan fingerprint density at radius 1 is 1.03 bits per heavy atom. The van der Waals surface area contributed by atoms with Crippen molar-refractivity contribution >= 4 is 16.6 Å². The van der Waals surface area contributed by atoms with Crippen LogP contribution in [0.3, 0.4) is 0 Å². The Morgan fingerprint density at radius 2 is 1.72 bits per heavy atom. The largest absolute Gasteiger partial charge is 0.342 e. The molecule has 0 atom stereocenters. The maximum Gasteiger partial charge on any atom is 0.330 e. The zero-order chi connectivity index (χ0) is 20.7. The van der Waals surface area contributed by atoms with E-state index in [1.54, 1.807) is 19.2 Å². The van der Waals surface area contributed by atoms with Crippen molar-refractivity contribution in [1.29, 1.82) is 0 Å². The van der Waals surface area contributed by atoms with E-state index in [2.05, 4.69) is 4.57 Å². The average Bonchev–Trinajstić information content (AvgIpc) is 2.91. The summed E-state index contributed by atoms with van der Waals surface area (Å²) in [6.45, 7) is 0. The van der Waals surface area contributed by atoms with Gasteiger partial charge < -0.3 is 4.57 Å². The lowest BCUT2D eigenvalue weighted by molar-refractivity contribution is -0.384. The summed E-state index contributed by atoms with van der Waals surface area (Å²) in [5, 5.41) is 11.8. The maximum absolute atomic E-state index is 13.1. The van der Waals surface area contributed by atoms with Crippen LogP contribution in [0.25, 0.3) is 22.2 Å². The van der Waals surface area contributed by atoms with Gasteiger partial charge in [0.05, 0.1) is 21.5 Å². The van der Waals surface area contributed by atoms with Crippen LogP contribution in [0.4, 0.5) is 5.69 Å². The van der Waals surface area contributed by atoms with Crippen molar-refractivity contribution in [3.63, 3.8) is 0 Å². The van der Waals surface area contributed by atoms with Gasteiger partial charge in [0.1, 0.15) is 0 Å². The smallest absolute Gasteiger partial charge is 0.330 e. The number of rotatable bonds is 3. The van der Waals surface area contributed by atoms with Crippen molar-refractivity contribution in [2.75, 3.05) is 0 Å². The monoisotopic (exact) mass is 396 g/mol. The summed E-state index contributed by atoms with van der Waals surface area (Å²) in [7, 11) is 3.11. The van der Waals surface area contributed by atoms with Crippen molar-refractivity contribution in [2.45, 2.75) is 44.6 Å². The SMILES string of the molecule is Cn1c(=O)c2c(-c3cccc([N+](=O)[O-])c3)n(C3CCCCCC3)cc2n(C)c1=O. The molecular weight excluding hydrogens is 372 g/mol. The van der Waals surface area contributed by atoms with Gasteiger partial charge in [-0.1, -0.05) is 37.8 Å². The van der Waals surface area contributed by atoms with Crippen LogP contribution in [0.2, 0.25) is 0 Å². The van der Waals surface area contributed by atoms with Crippen LogP contribution in [0, 0.1) is 10.1 Å². The zero-order valence-electron chi connectivity index (χ0n) is 16.6. The molecule has 1 aliphatic carbocycles. The molecule has 1 aliphatic rings. The molecule has 0 N–H and O–H groups in total. The molecule has 4 rings (SSSR count). The van der Waals surface area contributed by atoms with E-state index >= 15 is 0 Å². The lowest BCUT2D eigenvalue weighted by Gasteiger charge is -2.20. The van der Waals surface area contributed by atoms with E-state index in [0.717, 1.165) is 30.3 Å². The molecule has 0 radical (unpaired) electrons. The van der Waals surface area contributed by atoms with Crippen LogP contribution in [-0.4, -0.2) is 18.6 Å². The molecule has 152 valence electrons. The number of nitro groups is 1. The predicted octanol–water partition coefficient (Wildman–Crippen LogP) is 3.51. The normalized spacial score (nSPS) is 15.5. The van der Waals surface area contributed by atoms with Crippen LogP contribution < -0.4 is 11.2 Å². The molecule has 29 heavy (non-hydrogen) atoms. The number of benzene rings is 1. The third kappa shape index (κ3) is 3.18. The van der Waals surface area contributed by atoms with Gasteiger partial charge in [0.15, 0.2) is 0 Å². The summed E-state index contributed by atoms with van der Waals surface area (Å²) in [6.07, 6.45) is 8.42. The fraction of sp³-hybridized carbons (Fsp3) is 0.429. The minimum atomic E-state index is -0.432. The third-order valence-electron chi connectivity index (χ3n) is 6.01. The van der Waals surface area contributed by atoms with E-state index in [0.29, 0.717) is 22.2 Å². The van der Waals surface area contributed by atoms with Gasteiger partial charge in [0.2, 0.25) is 0 Å². The predicted molar refractivity (Wildman–Crippen MR) is 111 cm³/mol. The van der Waals surface area contributed by atoms with E-state index in [4.69, 9.17) is 0 Å². The Labute approximate surface area is 167 Å². The van der Waals surface area contributed by atoms with Crippen LogP contribution in [0.15, 0.2) is 40.1 Å². The minimum Gasteiger partial charge on any atom is -0.342 e. The number of non-ortho nitro benzene ring substituents is 1. The number of hydrogen-bond acceptors (Lipinski definition) is 4. The number of hydrogen-bond donors (Lipinski definition) is 0. The molecule has 3 aromatic rings. The topological polar surface area (TPSA) is 92.1 Å². The highest BCUT2D eigenvalue weighted by Gasteiger charge is 2.25. The summed E-state index contributed by atoms with van der Waals surface area (Å²) in [5.41, 5.74) is 1.05. The molecule has 2 aromatic heterocycles. The molecule has 0 unspecified atom stereocenters. The second-order valence-corrected chi connectivity index (χ2v) is 7.80.